The van der Waals surface area contributed by atoms with Crippen LogP contribution in [-0.4, -0.2) is 21.1 Å². The van der Waals surface area contributed by atoms with Gasteiger partial charge in [0.05, 0.1) is 11.6 Å². The Bertz CT molecular complexity index is 525. The number of anilines is 1. The Morgan fingerprint density at radius 1 is 1.26 bits per heavy atom. The zero-order valence-electron chi connectivity index (χ0n) is 11.5. The van der Waals surface area contributed by atoms with Crippen molar-refractivity contribution in [2.75, 3.05) is 5.32 Å². The third-order valence-electron chi connectivity index (χ3n) is 2.38. The number of ether oxygens (including phenoxy) is 1. The first-order chi connectivity index (χ1) is 8.97. The Hall–Kier alpha value is -1.69. The minimum Gasteiger partial charge on any atom is -0.475 e. The molecule has 0 aromatic carbocycles. The van der Waals surface area contributed by atoms with Crippen LogP contribution in [-0.2, 0) is 5.54 Å². The fourth-order valence-corrected chi connectivity index (χ4v) is 2.29. The molecule has 0 atom stereocenters. The van der Waals surface area contributed by atoms with Gasteiger partial charge < -0.3 is 10.1 Å². The summed E-state index contributed by atoms with van der Waals surface area (Å²) >= 11 is 1.60. The third kappa shape index (κ3) is 3.64. The molecule has 0 aliphatic carbocycles. The first-order valence-electron chi connectivity index (χ1n) is 6.15. The molecule has 0 fully saturated rings. The average molecular weight is 278 g/mol. The normalized spacial score (nSPS) is 11.6. The third-order valence-corrected chi connectivity index (χ3v) is 3.47. The van der Waals surface area contributed by atoms with Crippen LogP contribution in [0.1, 0.15) is 32.7 Å². The van der Waals surface area contributed by atoms with Crippen LogP contribution in [0.2, 0.25) is 0 Å². The molecule has 5 nitrogen and oxygen atoms in total. The molecule has 0 aliphatic heterocycles. The molecule has 6 heteroatoms. The molecule has 2 rings (SSSR count). The number of nitrogens with one attached hydrogen (secondary N) is 1. The second-order valence-electron chi connectivity index (χ2n) is 4.97. The van der Waals surface area contributed by atoms with Gasteiger partial charge in [0.15, 0.2) is 0 Å². The van der Waals surface area contributed by atoms with E-state index in [0.717, 1.165) is 5.01 Å². The molecule has 0 radical (unpaired) electrons. The number of hydrogen-bond acceptors (Lipinski definition) is 6. The molecule has 0 saturated carbocycles. The van der Waals surface area contributed by atoms with Crippen LogP contribution >= 0.6 is 11.3 Å². The quantitative estimate of drug-likeness (QED) is 0.910. The van der Waals surface area contributed by atoms with Crippen molar-refractivity contribution in [3.05, 3.63) is 28.8 Å². The van der Waals surface area contributed by atoms with Gasteiger partial charge in [-0.25, -0.2) is 9.97 Å². The van der Waals surface area contributed by atoms with Crippen LogP contribution in [0.3, 0.4) is 0 Å². The van der Waals surface area contributed by atoms with E-state index in [9.17, 15) is 0 Å². The number of rotatable bonds is 5. The molecule has 0 amide bonds. The van der Waals surface area contributed by atoms with Gasteiger partial charge >= 0.3 is 0 Å². The SMILES string of the molecule is CC(C)Oc1ccnc(NC(C)(C)c2nccs2)n1. The Labute approximate surface area is 117 Å². The minimum absolute atomic E-state index is 0.0923. The van der Waals surface area contributed by atoms with E-state index in [1.165, 1.54) is 0 Å². The van der Waals surface area contributed by atoms with E-state index in [1.807, 2.05) is 33.1 Å². The summed E-state index contributed by atoms with van der Waals surface area (Å²) in [5.41, 5.74) is -0.315. The summed E-state index contributed by atoms with van der Waals surface area (Å²) in [6, 6.07) is 1.75. The van der Waals surface area contributed by atoms with E-state index >= 15 is 0 Å². The number of thiazole rings is 1. The zero-order valence-corrected chi connectivity index (χ0v) is 12.4. The maximum Gasteiger partial charge on any atom is 0.226 e. The van der Waals surface area contributed by atoms with Gasteiger partial charge in [-0.1, -0.05) is 0 Å². The van der Waals surface area contributed by atoms with Crippen LogP contribution in [0.15, 0.2) is 23.8 Å². The lowest BCUT2D eigenvalue weighted by molar-refractivity contribution is 0.232. The highest BCUT2D eigenvalue weighted by Crippen LogP contribution is 2.26. The average Bonchev–Trinajstić information content (AvgIpc) is 2.81. The first kappa shape index (κ1) is 13.7. The predicted molar refractivity (Wildman–Crippen MR) is 76.6 cm³/mol. The summed E-state index contributed by atoms with van der Waals surface area (Å²) in [5, 5.41) is 6.23. The highest BCUT2D eigenvalue weighted by molar-refractivity contribution is 7.09. The van der Waals surface area contributed by atoms with Crippen molar-refractivity contribution < 1.29 is 4.74 Å². The van der Waals surface area contributed by atoms with Gasteiger partial charge in [0.25, 0.3) is 0 Å². The second-order valence-corrected chi connectivity index (χ2v) is 5.87. The topological polar surface area (TPSA) is 59.9 Å². The Kier molecular flexibility index (Phi) is 3.99. The lowest BCUT2D eigenvalue weighted by atomic mass is 10.1. The molecule has 0 aliphatic rings. The second kappa shape index (κ2) is 5.52. The fraction of sp³-hybridized carbons (Fsp3) is 0.462. The van der Waals surface area contributed by atoms with E-state index in [4.69, 9.17) is 4.74 Å². The highest BCUT2D eigenvalue weighted by Gasteiger charge is 2.24. The largest absolute Gasteiger partial charge is 0.475 e. The van der Waals surface area contributed by atoms with Gasteiger partial charge in [-0.05, 0) is 27.7 Å². The maximum absolute atomic E-state index is 5.56. The van der Waals surface area contributed by atoms with Crippen LogP contribution in [0.5, 0.6) is 5.88 Å². The molecular formula is C13H18N4OS. The summed E-state index contributed by atoms with van der Waals surface area (Å²) in [6.45, 7) is 8.03. The Balaban J connectivity index is 2.15. The van der Waals surface area contributed by atoms with Crippen LogP contribution in [0.25, 0.3) is 0 Å². The highest BCUT2D eigenvalue weighted by atomic mass is 32.1. The van der Waals surface area contributed by atoms with Gasteiger partial charge in [0.2, 0.25) is 11.8 Å². The van der Waals surface area contributed by atoms with Crippen LogP contribution < -0.4 is 10.1 Å². The molecule has 19 heavy (non-hydrogen) atoms. The fourth-order valence-electron chi connectivity index (χ4n) is 1.57. The van der Waals surface area contributed by atoms with Crippen LogP contribution in [0, 0.1) is 0 Å². The molecule has 1 N–H and O–H groups in total. The van der Waals surface area contributed by atoms with Gasteiger partial charge in [-0.3, -0.25) is 0 Å². The van der Waals surface area contributed by atoms with Crippen LogP contribution in [0.4, 0.5) is 5.95 Å². The molecule has 2 aromatic rings. The van der Waals surface area contributed by atoms with Crippen molar-refractivity contribution in [1.29, 1.82) is 0 Å². The summed E-state index contributed by atoms with van der Waals surface area (Å²) in [4.78, 5) is 12.9. The van der Waals surface area contributed by atoms with Crippen molar-refractivity contribution in [3.8, 4) is 5.88 Å². The molecule has 102 valence electrons. The molecule has 0 spiro atoms. The molecule has 2 aromatic heterocycles. The predicted octanol–water partition coefficient (Wildman–Crippen LogP) is 3.07. The molecule has 0 saturated heterocycles. The molecular weight excluding hydrogens is 260 g/mol. The van der Waals surface area contributed by atoms with Gasteiger partial charge in [-0.2, -0.15) is 4.98 Å². The van der Waals surface area contributed by atoms with Crippen molar-refractivity contribution in [1.82, 2.24) is 15.0 Å². The monoisotopic (exact) mass is 278 g/mol. The van der Waals surface area contributed by atoms with Crippen molar-refractivity contribution >= 4 is 17.3 Å². The summed E-state index contributed by atoms with van der Waals surface area (Å²) < 4.78 is 5.56. The van der Waals surface area contributed by atoms with Gasteiger partial charge in [0, 0.05) is 23.8 Å². The smallest absolute Gasteiger partial charge is 0.226 e. The standard InChI is InChI=1S/C13H18N4OS/c1-9(2)18-10-5-6-15-12(16-10)17-13(3,4)11-14-7-8-19-11/h5-9H,1-4H3,(H,15,16,17). The summed E-state index contributed by atoms with van der Waals surface area (Å²) in [5.74, 6) is 1.11. The Morgan fingerprint density at radius 2 is 2.05 bits per heavy atom. The zero-order chi connectivity index (χ0) is 13.9. The summed E-state index contributed by atoms with van der Waals surface area (Å²) in [7, 11) is 0. The van der Waals surface area contributed by atoms with Crippen molar-refractivity contribution in [2.24, 2.45) is 0 Å². The van der Waals surface area contributed by atoms with E-state index in [2.05, 4.69) is 20.3 Å². The van der Waals surface area contributed by atoms with E-state index in [-0.39, 0.29) is 11.6 Å². The molecule has 2 heterocycles. The number of aromatic nitrogens is 3. The van der Waals surface area contributed by atoms with Gasteiger partial charge in [0.1, 0.15) is 5.01 Å². The van der Waals surface area contributed by atoms with Crippen molar-refractivity contribution in [2.45, 2.75) is 39.3 Å². The number of hydrogen-bond donors (Lipinski definition) is 1. The lowest BCUT2D eigenvalue weighted by Gasteiger charge is -2.23. The lowest BCUT2D eigenvalue weighted by Crippen LogP contribution is -2.28. The Morgan fingerprint density at radius 3 is 2.68 bits per heavy atom. The number of nitrogens with zero attached hydrogens (tertiary/aromatic N) is 3. The van der Waals surface area contributed by atoms with E-state index in [0.29, 0.717) is 11.8 Å². The van der Waals surface area contributed by atoms with Gasteiger partial charge in [-0.15, -0.1) is 11.3 Å². The first-order valence-corrected chi connectivity index (χ1v) is 7.03. The molecule has 0 bridgehead atoms. The van der Waals surface area contributed by atoms with E-state index < -0.39 is 0 Å². The maximum atomic E-state index is 5.56. The minimum atomic E-state index is -0.315. The molecule has 0 unspecified atom stereocenters. The summed E-state index contributed by atoms with van der Waals surface area (Å²) in [6.07, 6.45) is 3.57. The van der Waals surface area contributed by atoms with Crippen molar-refractivity contribution in [3.63, 3.8) is 0 Å². The van der Waals surface area contributed by atoms with E-state index in [1.54, 1.807) is 29.8 Å².